The summed E-state index contributed by atoms with van der Waals surface area (Å²) in [6.07, 6.45) is -0.285. The lowest BCUT2D eigenvalue weighted by Gasteiger charge is -2.07. The monoisotopic (exact) mass is 366 g/mol. The molecule has 0 aliphatic rings. The molecule has 0 atom stereocenters. The molecule has 0 unspecified atom stereocenters. The van der Waals surface area contributed by atoms with Crippen LogP contribution < -0.4 is 0 Å². The molecule has 128 valence electrons. The van der Waals surface area contributed by atoms with Crippen molar-refractivity contribution in [3.8, 4) is 0 Å². The van der Waals surface area contributed by atoms with Gasteiger partial charge in [-0.25, -0.2) is 8.42 Å². The van der Waals surface area contributed by atoms with Gasteiger partial charge < -0.3 is 4.74 Å². The van der Waals surface area contributed by atoms with Crippen LogP contribution in [0.3, 0.4) is 0 Å². The number of aryl methyl sites for hydroxylation is 2. The van der Waals surface area contributed by atoms with Crippen LogP contribution in [-0.4, -0.2) is 32.5 Å². The van der Waals surface area contributed by atoms with Gasteiger partial charge in [0.15, 0.2) is 16.4 Å². The minimum Gasteiger partial charge on any atom is -0.457 e. The third-order valence-corrected chi connectivity index (χ3v) is 6.20. The van der Waals surface area contributed by atoms with E-state index in [1.54, 1.807) is 29.6 Å². The number of sulfone groups is 1. The number of esters is 1. The maximum Gasteiger partial charge on any atom is 0.307 e. The Morgan fingerprint density at radius 2 is 1.88 bits per heavy atom. The maximum absolute atomic E-state index is 12.3. The van der Waals surface area contributed by atoms with Crippen LogP contribution in [0.1, 0.15) is 27.2 Å². The Labute approximate surface area is 145 Å². The molecule has 0 N–H and O–H groups in total. The predicted octanol–water partition coefficient (Wildman–Crippen LogP) is 2.95. The molecule has 2 rings (SSSR count). The zero-order valence-corrected chi connectivity index (χ0v) is 15.1. The van der Waals surface area contributed by atoms with Crippen molar-refractivity contribution in [3.63, 3.8) is 0 Å². The molecule has 5 nitrogen and oxygen atoms in total. The first-order valence-electron chi connectivity index (χ1n) is 7.32. The number of hydrogen-bond acceptors (Lipinski definition) is 6. The standard InChI is InChI=1S/C17H18O5S2/c1-12-5-6-14(10-13(12)2)24(20,21)9-7-17(19)22-11-15(18)16-4-3-8-23-16/h3-6,8,10H,7,9,11H2,1-2H3. The van der Waals surface area contributed by atoms with Gasteiger partial charge in [-0.05, 0) is 48.6 Å². The van der Waals surface area contributed by atoms with Crippen molar-refractivity contribution in [3.05, 3.63) is 51.7 Å². The van der Waals surface area contributed by atoms with Gasteiger partial charge in [0.2, 0.25) is 5.78 Å². The Balaban J connectivity index is 1.88. The van der Waals surface area contributed by atoms with E-state index in [1.807, 2.05) is 13.8 Å². The van der Waals surface area contributed by atoms with Gasteiger partial charge in [-0.2, -0.15) is 0 Å². The van der Waals surface area contributed by atoms with Gasteiger partial charge in [0.1, 0.15) is 0 Å². The first-order valence-corrected chi connectivity index (χ1v) is 9.85. The average Bonchev–Trinajstić information content (AvgIpc) is 3.07. The Bertz CT molecular complexity index is 836. The predicted molar refractivity (Wildman–Crippen MR) is 92.2 cm³/mol. The smallest absolute Gasteiger partial charge is 0.307 e. The van der Waals surface area contributed by atoms with Crippen molar-refractivity contribution in [2.45, 2.75) is 25.2 Å². The van der Waals surface area contributed by atoms with E-state index in [9.17, 15) is 18.0 Å². The highest BCUT2D eigenvalue weighted by Crippen LogP contribution is 2.17. The lowest BCUT2D eigenvalue weighted by Crippen LogP contribution is -2.17. The van der Waals surface area contributed by atoms with Crippen molar-refractivity contribution in [2.75, 3.05) is 12.4 Å². The molecule has 7 heteroatoms. The summed E-state index contributed by atoms with van der Waals surface area (Å²) >= 11 is 1.26. The van der Waals surface area contributed by atoms with Gasteiger partial charge in [0.05, 0.1) is 21.9 Å². The summed E-state index contributed by atoms with van der Waals surface area (Å²) in [5.74, 6) is -1.34. The summed E-state index contributed by atoms with van der Waals surface area (Å²) in [4.78, 5) is 24.1. The summed E-state index contributed by atoms with van der Waals surface area (Å²) in [5, 5.41) is 1.76. The molecule has 0 aliphatic carbocycles. The molecule has 0 amide bonds. The first kappa shape index (κ1) is 18.4. The molecule has 0 bridgehead atoms. The number of carbonyl (C=O) groups is 2. The number of hydrogen-bond donors (Lipinski definition) is 0. The highest BCUT2D eigenvalue weighted by molar-refractivity contribution is 7.91. The van der Waals surface area contributed by atoms with Gasteiger partial charge in [0.25, 0.3) is 0 Å². The zero-order chi connectivity index (χ0) is 17.7. The number of ketones is 1. The van der Waals surface area contributed by atoms with E-state index in [2.05, 4.69) is 0 Å². The summed E-state index contributed by atoms with van der Waals surface area (Å²) in [5.41, 5.74) is 1.88. The van der Waals surface area contributed by atoms with E-state index in [4.69, 9.17) is 4.74 Å². The van der Waals surface area contributed by atoms with Crippen molar-refractivity contribution in [1.29, 1.82) is 0 Å². The average molecular weight is 366 g/mol. The Morgan fingerprint density at radius 3 is 2.50 bits per heavy atom. The van der Waals surface area contributed by atoms with Crippen LogP contribution in [-0.2, 0) is 19.4 Å². The normalized spacial score (nSPS) is 11.2. The third kappa shape index (κ3) is 4.75. The molecular weight excluding hydrogens is 348 g/mol. The third-order valence-electron chi connectivity index (χ3n) is 3.57. The fourth-order valence-electron chi connectivity index (χ4n) is 1.97. The maximum atomic E-state index is 12.3. The largest absolute Gasteiger partial charge is 0.457 e. The first-order chi connectivity index (χ1) is 11.3. The molecule has 0 saturated heterocycles. The highest BCUT2D eigenvalue weighted by Gasteiger charge is 2.18. The van der Waals surface area contributed by atoms with Crippen molar-refractivity contribution < 1.29 is 22.7 Å². The van der Waals surface area contributed by atoms with E-state index in [0.29, 0.717) is 4.88 Å². The number of benzene rings is 1. The van der Waals surface area contributed by atoms with Crippen molar-refractivity contribution in [1.82, 2.24) is 0 Å². The number of Topliss-reactive ketones (excluding diaryl/α,β-unsaturated/α-hetero) is 1. The van der Waals surface area contributed by atoms with Gasteiger partial charge in [-0.3, -0.25) is 9.59 Å². The molecule has 0 radical (unpaired) electrons. The number of carbonyl (C=O) groups excluding carboxylic acids is 2. The molecular formula is C17H18O5S2. The second kappa shape index (κ2) is 7.72. The lowest BCUT2D eigenvalue weighted by molar-refractivity contribution is -0.142. The summed E-state index contributed by atoms with van der Waals surface area (Å²) in [6, 6.07) is 8.24. The van der Waals surface area contributed by atoms with Crippen LogP contribution in [0.4, 0.5) is 0 Å². The van der Waals surface area contributed by atoms with Crippen LogP contribution in [0.25, 0.3) is 0 Å². The fraction of sp³-hybridized carbons (Fsp3) is 0.294. The van der Waals surface area contributed by atoms with Gasteiger partial charge in [-0.1, -0.05) is 12.1 Å². The van der Waals surface area contributed by atoms with Crippen LogP contribution in [0.15, 0.2) is 40.6 Å². The Morgan fingerprint density at radius 1 is 1.12 bits per heavy atom. The van der Waals surface area contributed by atoms with Crippen molar-refractivity contribution >= 4 is 32.9 Å². The molecule has 2 aromatic rings. The van der Waals surface area contributed by atoms with Crippen LogP contribution >= 0.6 is 11.3 Å². The Kier molecular flexibility index (Phi) is 5.90. The lowest BCUT2D eigenvalue weighted by atomic mass is 10.1. The number of thiophene rings is 1. The molecule has 1 aromatic carbocycles. The second-order valence-corrected chi connectivity index (χ2v) is 8.43. The highest BCUT2D eigenvalue weighted by atomic mass is 32.2. The summed E-state index contributed by atoms with van der Waals surface area (Å²) < 4.78 is 29.4. The molecule has 1 heterocycles. The quantitative estimate of drug-likeness (QED) is 0.556. The number of ether oxygens (including phenoxy) is 1. The van der Waals surface area contributed by atoms with E-state index in [-0.39, 0.29) is 29.5 Å². The van der Waals surface area contributed by atoms with E-state index < -0.39 is 15.8 Å². The molecule has 0 spiro atoms. The van der Waals surface area contributed by atoms with Crippen molar-refractivity contribution in [2.24, 2.45) is 0 Å². The minimum atomic E-state index is -3.56. The molecule has 24 heavy (non-hydrogen) atoms. The fourth-order valence-corrected chi connectivity index (χ4v) is 3.92. The minimum absolute atomic E-state index is 0.188. The zero-order valence-electron chi connectivity index (χ0n) is 13.4. The van der Waals surface area contributed by atoms with E-state index in [0.717, 1.165) is 11.1 Å². The molecule has 0 saturated carbocycles. The molecule has 1 aromatic heterocycles. The van der Waals surface area contributed by atoms with Gasteiger partial charge in [0, 0.05) is 0 Å². The van der Waals surface area contributed by atoms with Crippen LogP contribution in [0.5, 0.6) is 0 Å². The Hall–Kier alpha value is -1.99. The topological polar surface area (TPSA) is 77.5 Å². The second-order valence-electron chi connectivity index (χ2n) is 5.38. The molecule has 0 aliphatic heterocycles. The van der Waals surface area contributed by atoms with Crippen LogP contribution in [0.2, 0.25) is 0 Å². The SMILES string of the molecule is Cc1ccc(S(=O)(=O)CCC(=O)OCC(=O)c2cccs2)cc1C. The van der Waals surface area contributed by atoms with Gasteiger partial charge in [-0.15, -0.1) is 11.3 Å². The summed E-state index contributed by atoms with van der Waals surface area (Å²) in [7, 11) is -3.56. The van der Waals surface area contributed by atoms with E-state index in [1.165, 1.54) is 17.4 Å². The van der Waals surface area contributed by atoms with Gasteiger partial charge >= 0.3 is 5.97 Å². The summed E-state index contributed by atoms with van der Waals surface area (Å²) in [6.45, 7) is 3.36. The number of rotatable bonds is 7. The van der Waals surface area contributed by atoms with E-state index >= 15 is 0 Å². The van der Waals surface area contributed by atoms with Crippen LogP contribution in [0, 0.1) is 13.8 Å². The molecule has 0 fully saturated rings.